The van der Waals surface area contributed by atoms with E-state index in [0.717, 1.165) is 11.3 Å². The smallest absolute Gasteiger partial charge is 0.0845 e. The van der Waals surface area contributed by atoms with Crippen LogP contribution in [-0.4, -0.2) is 15.0 Å². The highest BCUT2D eigenvalue weighted by molar-refractivity contribution is 5.29. The molecule has 0 bridgehead atoms. The van der Waals surface area contributed by atoms with Gasteiger partial charge in [-0.25, -0.2) is 0 Å². The first kappa shape index (κ1) is 13.7. The quantitative estimate of drug-likeness (QED) is 0.919. The van der Waals surface area contributed by atoms with Crippen LogP contribution in [0, 0.1) is 0 Å². The van der Waals surface area contributed by atoms with E-state index in [1.165, 1.54) is 5.56 Å². The molecule has 2 aromatic rings. The van der Waals surface area contributed by atoms with Crippen molar-refractivity contribution in [1.29, 1.82) is 0 Å². The van der Waals surface area contributed by atoms with Crippen LogP contribution in [-0.2, 0) is 18.9 Å². The molecule has 1 aromatic heterocycles. The third kappa shape index (κ3) is 3.41. The van der Waals surface area contributed by atoms with E-state index in [2.05, 4.69) is 55.3 Å². The maximum absolute atomic E-state index is 6.22. The minimum atomic E-state index is -0.0364. The van der Waals surface area contributed by atoms with Gasteiger partial charge in [0.1, 0.15) is 0 Å². The molecule has 1 aromatic carbocycles. The lowest BCUT2D eigenvalue weighted by molar-refractivity contribution is 0.589. The average Bonchev–Trinajstić information content (AvgIpc) is 2.74. The van der Waals surface area contributed by atoms with Gasteiger partial charge < -0.3 is 5.73 Å². The van der Waals surface area contributed by atoms with Gasteiger partial charge in [0.15, 0.2) is 0 Å². The van der Waals surface area contributed by atoms with Crippen molar-refractivity contribution in [2.75, 3.05) is 0 Å². The Bertz CT molecular complexity index is 534. The molecule has 102 valence electrons. The molecule has 1 heterocycles. The van der Waals surface area contributed by atoms with Crippen LogP contribution < -0.4 is 5.73 Å². The van der Waals surface area contributed by atoms with Gasteiger partial charge in [-0.2, -0.15) is 0 Å². The summed E-state index contributed by atoms with van der Waals surface area (Å²) in [5, 5.41) is 7.99. The minimum Gasteiger partial charge on any atom is -0.324 e. The molecule has 0 fully saturated rings. The Labute approximate surface area is 114 Å². The van der Waals surface area contributed by atoms with Crippen molar-refractivity contribution in [3.63, 3.8) is 0 Å². The van der Waals surface area contributed by atoms with Crippen LogP contribution in [0.25, 0.3) is 0 Å². The molecule has 0 aliphatic rings. The van der Waals surface area contributed by atoms with Gasteiger partial charge in [0, 0.05) is 25.7 Å². The van der Waals surface area contributed by atoms with Crippen LogP contribution in [0.4, 0.5) is 0 Å². The monoisotopic (exact) mass is 258 g/mol. The normalized spacial score (nSPS) is 13.5. The predicted molar refractivity (Wildman–Crippen MR) is 76.8 cm³/mol. The fraction of sp³-hybridized carbons (Fsp3) is 0.467. The number of benzene rings is 1. The summed E-state index contributed by atoms with van der Waals surface area (Å²) in [4.78, 5) is 0. The second kappa shape index (κ2) is 5.13. The predicted octanol–water partition coefficient (Wildman–Crippen LogP) is 2.36. The number of aromatic nitrogens is 3. The Balaban J connectivity index is 2.09. The zero-order valence-electron chi connectivity index (χ0n) is 12.1. The Morgan fingerprint density at radius 2 is 1.84 bits per heavy atom. The molecular formula is C15H22N4. The van der Waals surface area contributed by atoms with Gasteiger partial charge in [-0.15, -0.1) is 5.10 Å². The molecule has 0 saturated heterocycles. The van der Waals surface area contributed by atoms with Gasteiger partial charge in [-0.3, -0.25) is 4.68 Å². The Kier molecular flexibility index (Phi) is 3.71. The van der Waals surface area contributed by atoms with E-state index in [1.54, 1.807) is 4.68 Å². The molecular weight excluding hydrogens is 236 g/mol. The summed E-state index contributed by atoms with van der Waals surface area (Å²) in [7, 11) is 1.86. The molecule has 0 radical (unpaired) electrons. The first-order chi connectivity index (χ1) is 8.86. The first-order valence-corrected chi connectivity index (χ1v) is 6.57. The largest absolute Gasteiger partial charge is 0.324 e. The molecule has 0 saturated carbocycles. The summed E-state index contributed by atoms with van der Waals surface area (Å²) < 4.78 is 1.70. The van der Waals surface area contributed by atoms with E-state index in [-0.39, 0.29) is 11.5 Å². The van der Waals surface area contributed by atoms with E-state index < -0.39 is 0 Å². The summed E-state index contributed by atoms with van der Waals surface area (Å²) in [6, 6.07) is 8.51. The lowest BCUT2D eigenvalue weighted by Gasteiger charge is -2.20. The third-order valence-electron chi connectivity index (χ3n) is 3.28. The fourth-order valence-electron chi connectivity index (χ4n) is 2.06. The number of hydrogen-bond donors (Lipinski definition) is 1. The highest BCUT2D eigenvalue weighted by Crippen LogP contribution is 2.24. The number of rotatable bonds is 3. The van der Waals surface area contributed by atoms with Crippen molar-refractivity contribution in [3.8, 4) is 0 Å². The molecule has 19 heavy (non-hydrogen) atoms. The summed E-state index contributed by atoms with van der Waals surface area (Å²) in [5.74, 6) is 0. The van der Waals surface area contributed by atoms with Crippen LogP contribution in [0.1, 0.15) is 43.6 Å². The van der Waals surface area contributed by atoms with Crippen molar-refractivity contribution < 1.29 is 0 Å². The van der Waals surface area contributed by atoms with Crippen LogP contribution in [0.15, 0.2) is 30.5 Å². The average molecular weight is 258 g/mol. The van der Waals surface area contributed by atoms with E-state index in [9.17, 15) is 0 Å². The highest BCUT2D eigenvalue weighted by Gasteiger charge is 2.14. The van der Waals surface area contributed by atoms with Crippen LogP contribution in [0.5, 0.6) is 0 Å². The first-order valence-electron chi connectivity index (χ1n) is 6.57. The third-order valence-corrected chi connectivity index (χ3v) is 3.28. The SMILES string of the molecule is Cn1cc(CC(N)c2ccc(C(C)(C)C)cc2)nn1. The summed E-state index contributed by atoms with van der Waals surface area (Å²) >= 11 is 0. The Morgan fingerprint density at radius 3 is 2.32 bits per heavy atom. The summed E-state index contributed by atoms with van der Waals surface area (Å²) in [5.41, 5.74) is 9.78. The molecule has 4 nitrogen and oxygen atoms in total. The van der Waals surface area contributed by atoms with Gasteiger partial charge in [0.25, 0.3) is 0 Å². The maximum atomic E-state index is 6.22. The van der Waals surface area contributed by atoms with Gasteiger partial charge in [-0.05, 0) is 16.5 Å². The number of nitrogens with two attached hydrogens (primary N) is 1. The van der Waals surface area contributed by atoms with Gasteiger partial charge in [0.05, 0.1) is 5.69 Å². The van der Waals surface area contributed by atoms with Gasteiger partial charge in [-0.1, -0.05) is 50.3 Å². The minimum absolute atomic E-state index is 0.0364. The fourth-order valence-corrected chi connectivity index (χ4v) is 2.06. The van der Waals surface area contributed by atoms with Crippen molar-refractivity contribution in [2.45, 2.75) is 38.6 Å². The van der Waals surface area contributed by atoms with Gasteiger partial charge >= 0.3 is 0 Å². The number of aryl methyl sites for hydroxylation is 1. The molecule has 2 rings (SSSR count). The van der Waals surface area contributed by atoms with Crippen molar-refractivity contribution in [3.05, 3.63) is 47.3 Å². The van der Waals surface area contributed by atoms with E-state index in [0.29, 0.717) is 6.42 Å². The van der Waals surface area contributed by atoms with E-state index >= 15 is 0 Å². The van der Waals surface area contributed by atoms with Crippen LogP contribution in [0.3, 0.4) is 0 Å². The van der Waals surface area contributed by atoms with Crippen molar-refractivity contribution in [1.82, 2.24) is 15.0 Å². The molecule has 1 atom stereocenters. The second-order valence-corrected chi connectivity index (χ2v) is 6.07. The standard InChI is InChI=1S/C15H22N4/c1-15(2,3)12-7-5-11(6-8-12)14(16)9-13-10-19(4)18-17-13/h5-8,10,14H,9,16H2,1-4H3. The summed E-state index contributed by atoms with van der Waals surface area (Å²) in [6.07, 6.45) is 2.62. The van der Waals surface area contributed by atoms with Gasteiger partial charge in [0.2, 0.25) is 0 Å². The van der Waals surface area contributed by atoms with E-state index in [4.69, 9.17) is 5.73 Å². The lowest BCUT2D eigenvalue weighted by Crippen LogP contribution is -2.15. The van der Waals surface area contributed by atoms with Crippen LogP contribution in [0.2, 0.25) is 0 Å². The molecule has 0 spiro atoms. The van der Waals surface area contributed by atoms with Crippen molar-refractivity contribution >= 4 is 0 Å². The zero-order chi connectivity index (χ0) is 14.0. The summed E-state index contributed by atoms with van der Waals surface area (Å²) in [6.45, 7) is 6.63. The van der Waals surface area contributed by atoms with Crippen LogP contribution >= 0.6 is 0 Å². The molecule has 4 heteroatoms. The lowest BCUT2D eigenvalue weighted by atomic mass is 9.86. The molecule has 2 N–H and O–H groups in total. The topological polar surface area (TPSA) is 56.7 Å². The molecule has 0 amide bonds. The Morgan fingerprint density at radius 1 is 1.21 bits per heavy atom. The number of nitrogens with zero attached hydrogens (tertiary/aromatic N) is 3. The molecule has 1 unspecified atom stereocenters. The molecule has 0 aliphatic carbocycles. The van der Waals surface area contributed by atoms with E-state index in [1.807, 2.05) is 13.2 Å². The maximum Gasteiger partial charge on any atom is 0.0845 e. The second-order valence-electron chi connectivity index (χ2n) is 6.07. The van der Waals surface area contributed by atoms with Crippen molar-refractivity contribution in [2.24, 2.45) is 12.8 Å². The zero-order valence-corrected chi connectivity index (χ0v) is 12.1. The highest BCUT2D eigenvalue weighted by atomic mass is 15.4. The molecule has 0 aliphatic heterocycles. The number of hydrogen-bond acceptors (Lipinski definition) is 3. The Hall–Kier alpha value is -1.68.